The van der Waals surface area contributed by atoms with Crippen LogP contribution in [0, 0.1) is 6.92 Å². The van der Waals surface area contributed by atoms with E-state index in [1.54, 1.807) is 0 Å². The van der Waals surface area contributed by atoms with Gasteiger partial charge in [-0.2, -0.15) is 0 Å². The van der Waals surface area contributed by atoms with E-state index < -0.39 is 11.3 Å². The molecule has 11 heteroatoms. The number of nitrogens with zero attached hydrogens (tertiary/aromatic N) is 4. The second-order valence-electron chi connectivity index (χ2n) is 6.38. The minimum absolute atomic E-state index is 0.299. The van der Waals surface area contributed by atoms with Crippen molar-refractivity contribution in [1.82, 2.24) is 24.2 Å². The smallest absolute Gasteiger partial charge is 0.231 e. The van der Waals surface area contributed by atoms with E-state index in [2.05, 4.69) is 21.6 Å². The SMILES string of the molecule is CCc1cc2c(cc1Sc1nc3c(C)ncnc3n1CCNS(=O)O)OCCO2. The van der Waals surface area contributed by atoms with Crippen molar-refractivity contribution < 1.29 is 18.2 Å². The highest BCUT2D eigenvalue weighted by atomic mass is 32.2. The number of hydrogen-bond donors (Lipinski definition) is 2. The van der Waals surface area contributed by atoms with Crippen LogP contribution in [0.1, 0.15) is 18.2 Å². The zero-order valence-corrected chi connectivity index (χ0v) is 17.7. The van der Waals surface area contributed by atoms with Crippen molar-refractivity contribution in [2.75, 3.05) is 19.8 Å². The molecule has 9 nitrogen and oxygen atoms in total. The van der Waals surface area contributed by atoms with Gasteiger partial charge in [-0.25, -0.2) is 23.9 Å². The molecule has 3 aromatic rings. The Hall–Kier alpha value is -2.21. The van der Waals surface area contributed by atoms with Gasteiger partial charge in [-0.05, 0) is 31.0 Å². The van der Waals surface area contributed by atoms with Crippen LogP contribution in [0.25, 0.3) is 11.2 Å². The molecule has 0 saturated heterocycles. The molecule has 2 aromatic heterocycles. The molecule has 2 N–H and O–H groups in total. The molecule has 0 aliphatic carbocycles. The summed E-state index contributed by atoms with van der Waals surface area (Å²) in [6.07, 6.45) is 2.34. The summed E-state index contributed by atoms with van der Waals surface area (Å²) in [5.74, 6) is 1.49. The molecule has 0 radical (unpaired) electrons. The highest BCUT2D eigenvalue weighted by Gasteiger charge is 2.20. The number of fused-ring (bicyclic) bond motifs is 2. The fraction of sp³-hybridized carbons (Fsp3) is 0.389. The van der Waals surface area contributed by atoms with Crippen LogP contribution in [0.3, 0.4) is 0 Å². The van der Waals surface area contributed by atoms with Crippen LogP contribution in [0.5, 0.6) is 11.5 Å². The quantitative estimate of drug-likeness (QED) is 0.544. The van der Waals surface area contributed by atoms with Crippen LogP contribution in [-0.2, 0) is 24.2 Å². The van der Waals surface area contributed by atoms with Gasteiger partial charge in [0.25, 0.3) is 0 Å². The maximum absolute atomic E-state index is 11.0. The third kappa shape index (κ3) is 4.22. The third-order valence-electron chi connectivity index (χ3n) is 4.55. The largest absolute Gasteiger partial charge is 0.486 e. The molecule has 0 amide bonds. The monoisotopic (exact) mass is 435 g/mol. The van der Waals surface area contributed by atoms with Gasteiger partial charge < -0.3 is 14.0 Å². The number of benzene rings is 1. The Morgan fingerprint density at radius 3 is 2.76 bits per heavy atom. The lowest BCUT2D eigenvalue weighted by Crippen LogP contribution is -2.22. The zero-order chi connectivity index (χ0) is 20.4. The molecule has 1 aliphatic rings. The highest BCUT2D eigenvalue weighted by molar-refractivity contribution is 7.99. The number of aryl methyl sites for hydroxylation is 2. The lowest BCUT2D eigenvalue weighted by Gasteiger charge is -2.20. The average Bonchev–Trinajstić information content (AvgIpc) is 3.06. The van der Waals surface area contributed by atoms with Gasteiger partial charge in [0.2, 0.25) is 11.3 Å². The first kappa shape index (κ1) is 20.1. The van der Waals surface area contributed by atoms with Crippen LogP contribution in [0.4, 0.5) is 0 Å². The summed E-state index contributed by atoms with van der Waals surface area (Å²) in [6.45, 7) is 5.79. The van der Waals surface area contributed by atoms with Crippen LogP contribution in [0.2, 0.25) is 0 Å². The molecule has 4 rings (SSSR count). The molecule has 154 valence electrons. The van der Waals surface area contributed by atoms with Gasteiger partial charge in [0, 0.05) is 18.0 Å². The summed E-state index contributed by atoms with van der Waals surface area (Å²) in [5.41, 5.74) is 3.33. The van der Waals surface area contributed by atoms with Gasteiger partial charge in [0.05, 0.1) is 5.69 Å². The topological polar surface area (TPSA) is 111 Å². The first-order valence-corrected chi connectivity index (χ1v) is 11.1. The molecule has 29 heavy (non-hydrogen) atoms. The first-order valence-electron chi connectivity index (χ1n) is 9.19. The Bertz CT molecular complexity index is 1070. The maximum Gasteiger partial charge on any atom is 0.231 e. The summed E-state index contributed by atoms with van der Waals surface area (Å²) in [5, 5.41) is 0.737. The minimum atomic E-state index is -2.07. The predicted molar refractivity (Wildman–Crippen MR) is 110 cm³/mol. The van der Waals surface area contributed by atoms with E-state index in [0.717, 1.165) is 44.7 Å². The summed E-state index contributed by atoms with van der Waals surface area (Å²) in [7, 11) is 0. The summed E-state index contributed by atoms with van der Waals surface area (Å²) in [6, 6.07) is 4.01. The Morgan fingerprint density at radius 2 is 2.03 bits per heavy atom. The van der Waals surface area contributed by atoms with E-state index in [1.807, 2.05) is 23.6 Å². The van der Waals surface area contributed by atoms with Crippen molar-refractivity contribution in [3.63, 3.8) is 0 Å². The Morgan fingerprint density at radius 1 is 1.28 bits per heavy atom. The average molecular weight is 436 g/mol. The number of nitrogens with one attached hydrogen (secondary N) is 1. The van der Waals surface area contributed by atoms with E-state index >= 15 is 0 Å². The van der Waals surface area contributed by atoms with Gasteiger partial charge >= 0.3 is 0 Å². The molecule has 0 spiro atoms. The molecular formula is C18H21N5O4S2. The van der Waals surface area contributed by atoms with E-state index in [9.17, 15) is 4.21 Å². The molecule has 0 fully saturated rings. The number of rotatable bonds is 7. The summed E-state index contributed by atoms with van der Waals surface area (Å²) in [4.78, 5) is 14.4. The highest BCUT2D eigenvalue weighted by Crippen LogP contribution is 2.40. The van der Waals surface area contributed by atoms with Gasteiger partial charge in [-0.3, -0.25) is 4.55 Å². The van der Waals surface area contributed by atoms with Gasteiger partial charge in [-0.1, -0.05) is 18.7 Å². The lowest BCUT2D eigenvalue weighted by molar-refractivity contribution is 0.171. The first-order chi connectivity index (χ1) is 14.1. The molecular weight excluding hydrogens is 414 g/mol. The Balaban J connectivity index is 1.73. The van der Waals surface area contributed by atoms with Crippen molar-refractivity contribution in [3.05, 3.63) is 29.7 Å². The Kier molecular flexibility index (Phi) is 5.99. The minimum Gasteiger partial charge on any atom is -0.486 e. The lowest BCUT2D eigenvalue weighted by atomic mass is 10.1. The molecule has 3 heterocycles. The molecule has 0 bridgehead atoms. The standard InChI is InChI=1S/C18H21N5O4S2/c1-3-12-8-13-14(27-7-6-26-13)9-15(12)28-18-22-16-11(2)19-10-20-17(16)23(18)5-4-21-29(24)25/h8-10,21H,3-7H2,1-2H3,(H,24,25). The van der Waals surface area contributed by atoms with Crippen molar-refractivity contribution in [3.8, 4) is 11.5 Å². The molecule has 0 saturated carbocycles. The predicted octanol–water partition coefficient (Wildman–Crippen LogP) is 2.35. The van der Waals surface area contributed by atoms with Crippen molar-refractivity contribution >= 4 is 34.2 Å². The summed E-state index contributed by atoms with van der Waals surface area (Å²) >= 11 is -0.556. The van der Waals surface area contributed by atoms with Crippen molar-refractivity contribution in [1.29, 1.82) is 0 Å². The van der Waals surface area contributed by atoms with E-state index in [4.69, 9.17) is 19.0 Å². The Labute approximate surface area is 174 Å². The number of imidazole rings is 1. The maximum atomic E-state index is 11.0. The second-order valence-corrected chi connectivity index (χ2v) is 8.18. The van der Waals surface area contributed by atoms with Crippen LogP contribution >= 0.6 is 11.8 Å². The third-order valence-corrected chi connectivity index (χ3v) is 6.09. The number of ether oxygens (including phenoxy) is 2. The fourth-order valence-corrected chi connectivity index (χ4v) is 4.52. The van der Waals surface area contributed by atoms with Crippen molar-refractivity contribution in [2.24, 2.45) is 0 Å². The van der Waals surface area contributed by atoms with Crippen LogP contribution in [0.15, 0.2) is 28.5 Å². The van der Waals surface area contributed by atoms with E-state index in [0.29, 0.717) is 32.0 Å². The van der Waals surface area contributed by atoms with Crippen molar-refractivity contribution in [2.45, 2.75) is 36.9 Å². The zero-order valence-electron chi connectivity index (χ0n) is 16.0. The number of hydrogen-bond acceptors (Lipinski definition) is 7. The second kappa shape index (κ2) is 8.66. The number of aromatic nitrogens is 4. The van der Waals surface area contributed by atoms with Crippen LogP contribution < -0.4 is 14.2 Å². The normalized spacial score (nSPS) is 14.3. The molecule has 1 unspecified atom stereocenters. The van der Waals surface area contributed by atoms with Crippen LogP contribution in [-0.4, -0.2) is 48.0 Å². The summed E-state index contributed by atoms with van der Waals surface area (Å²) < 4.78 is 35.8. The van der Waals surface area contributed by atoms with Gasteiger partial charge in [0.1, 0.15) is 25.1 Å². The van der Waals surface area contributed by atoms with Gasteiger partial charge in [-0.15, -0.1) is 0 Å². The van der Waals surface area contributed by atoms with Gasteiger partial charge in [0.15, 0.2) is 22.3 Å². The fourth-order valence-electron chi connectivity index (χ4n) is 3.14. The van der Waals surface area contributed by atoms with E-state index in [1.165, 1.54) is 18.1 Å². The molecule has 1 aliphatic heterocycles. The van der Waals surface area contributed by atoms with E-state index in [-0.39, 0.29) is 0 Å². The molecule has 1 aromatic carbocycles. The molecule has 1 atom stereocenters.